The lowest BCUT2D eigenvalue weighted by Crippen LogP contribution is -2.15. The predicted molar refractivity (Wildman–Crippen MR) is 82.2 cm³/mol. The maximum Gasteiger partial charge on any atom is 0.212 e. The van der Waals surface area contributed by atoms with E-state index < -0.39 is 0 Å². The van der Waals surface area contributed by atoms with Gasteiger partial charge in [0.25, 0.3) is 0 Å². The Labute approximate surface area is 131 Å². The van der Waals surface area contributed by atoms with Crippen LogP contribution in [0.25, 0.3) is 0 Å². The summed E-state index contributed by atoms with van der Waals surface area (Å²) in [6.45, 7) is 2.76. The van der Waals surface area contributed by atoms with Crippen molar-refractivity contribution < 1.29 is 9.53 Å². The third-order valence-electron chi connectivity index (χ3n) is 3.62. The third kappa shape index (κ3) is 2.79. The monoisotopic (exact) mass is 349 g/mol. The van der Waals surface area contributed by atoms with E-state index in [1.807, 2.05) is 18.2 Å². The Bertz CT molecular complexity index is 682. The molecule has 0 bridgehead atoms. The van der Waals surface area contributed by atoms with Gasteiger partial charge in [0, 0.05) is 25.8 Å². The number of halogens is 1. The molecule has 0 aliphatic carbocycles. The smallest absolute Gasteiger partial charge is 0.212 e. The number of methoxy groups -OCH3 is 1. The van der Waals surface area contributed by atoms with Gasteiger partial charge in [0.2, 0.25) is 5.78 Å². The van der Waals surface area contributed by atoms with Gasteiger partial charge < -0.3 is 10.1 Å². The van der Waals surface area contributed by atoms with Gasteiger partial charge in [-0.25, -0.2) is 0 Å². The highest BCUT2D eigenvalue weighted by Crippen LogP contribution is 2.23. The van der Waals surface area contributed by atoms with Crippen LogP contribution in [0, 0.1) is 0 Å². The zero-order valence-electron chi connectivity index (χ0n) is 11.7. The summed E-state index contributed by atoms with van der Waals surface area (Å²) in [5.41, 5.74) is 3.72. The van der Waals surface area contributed by atoms with E-state index in [-0.39, 0.29) is 5.78 Å². The molecule has 0 spiro atoms. The van der Waals surface area contributed by atoms with Crippen LogP contribution in [-0.4, -0.2) is 29.3 Å². The molecule has 21 heavy (non-hydrogen) atoms. The zero-order valence-corrected chi connectivity index (χ0v) is 13.3. The predicted octanol–water partition coefficient (Wildman–Crippen LogP) is 2.13. The molecule has 6 heteroatoms. The van der Waals surface area contributed by atoms with Crippen molar-refractivity contribution in [2.75, 3.05) is 13.7 Å². The van der Waals surface area contributed by atoms with Gasteiger partial charge in [-0.2, -0.15) is 5.10 Å². The summed E-state index contributed by atoms with van der Waals surface area (Å²) < 4.78 is 7.45. The van der Waals surface area contributed by atoms with Crippen molar-refractivity contribution in [1.82, 2.24) is 15.1 Å². The first-order chi connectivity index (χ1) is 10.2. The third-order valence-corrected chi connectivity index (χ3v) is 4.20. The molecule has 110 valence electrons. The first kappa shape index (κ1) is 14.4. The first-order valence-electron chi connectivity index (χ1n) is 6.78. The SMILES string of the molecule is COCCn1ncc(Br)c1C(=O)c1ccc2c(c1)CNC2. The van der Waals surface area contributed by atoms with Crippen LogP contribution in [-0.2, 0) is 24.4 Å². The number of benzene rings is 1. The lowest BCUT2D eigenvalue weighted by atomic mass is 10.0. The molecule has 2 heterocycles. The summed E-state index contributed by atoms with van der Waals surface area (Å²) in [4.78, 5) is 12.8. The number of fused-ring (bicyclic) bond motifs is 1. The van der Waals surface area contributed by atoms with Crippen molar-refractivity contribution in [2.45, 2.75) is 19.6 Å². The molecule has 0 saturated heterocycles. The Balaban J connectivity index is 1.93. The number of carbonyl (C=O) groups is 1. The summed E-state index contributed by atoms with van der Waals surface area (Å²) in [6, 6.07) is 5.87. The van der Waals surface area contributed by atoms with Gasteiger partial charge in [-0.3, -0.25) is 9.48 Å². The van der Waals surface area contributed by atoms with Gasteiger partial charge in [-0.1, -0.05) is 12.1 Å². The van der Waals surface area contributed by atoms with Crippen LogP contribution >= 0.6 is 15.9 Å². The highest BCUT2D eigenvalue weighted by Gasteiger charge is 2.20. The Morgan fingerprint density at radius 3 is 3.05 bits per heavy atom. The van der Waals surface area contributed by atoms with Crippen LogP contribution in [0.2, 0.25) is 0 Å². The van der Waals surface area contributed by atoms with Crippen LogP contribution in [0.4, 0.5) is 0 Å². The number of aromatic nitrogens is 2. The van der Waals surface area contributed by atoms with Crippen molar-refractivity contribution >= 4 is 21.7 Å². The van der Waals surface area contributed by atoms with E-state index in [0.29, 0.717) is 28.9 Å². The van der Waals surface area contributed by atoms with E-state index in [0.717, 1.165) is 13.1 Å². The molecular weight excluding hydrogens is 334 g/mol. The molecule has 3 rings (SSSR count). The second kappa shape index (κ2) is 6.09. The summed E-state index contributed by atoms with van der Waals surface area (Å²) >= 11 is 3.41. The van der Waals surface area contributed by atoms with E-state index >= 15 is 0 Å². The number of hydrogen-bond donors (Lipinski definition) is 1. The molecule has 5 nitrogen and oxygen atoms in total. The van der Waals surface area contributed by atoms with E-state index in [2.05, 4.69) is 26.3 Å². The molecular formula is C15H16BrN3O2. The molecule has 1 aliphatic heterocycles. The normalized spacial score (nSPS) is 13.4. The van der Waals surface area contributed by atoms with E-state index in [1.54, 1.807) is 18.0 Å². The number of ketones is 1. The zero-order chi connectivity index (χ0) is 14.8. The summed E-state index contributed by atoms with van der Waals surface area (Å²) in [5, 5.41) is 7.51. The minimum atomic E-state index is -0.0230. The number of nitrogens with one attached hydrogen (secondary N) is 1. The molecule has 1 aromatic heterocycles. The lowest BCUT2D eigenvalue weighted by Gasteiger charge is -2.08. The van der Waals surface area contributed by atoms with Gasteiger partial charge in [0.1, 0.15) is 5.69 Å². The highest BCUT2D eigenvalue weighted by molar-refractivity contribution is 9.10. The molecule has 0 atom stereocenters. The first-order valence-corrected chi connectivity index (χ1v) is 7.57. The Kier molecular flexibility index (Phi) is 4.19. The number of nitrogens with zero attached hydrogens (tertiary/aromatic N) is 2. The quantitative estimate of drug-likeness (QED) is 0.840. The highest BCUT2D eigenvalue weighted by atomic mass is 79.9. The lowest BCUT2D eigenvalue weighted by molar-refractivity contribution is 0.102. The van der Waals surface area contributed by atoms with Crippen LogP contribution < -0.4 is 5.32 Å². The van der Waals surface area contributed by atoms with Gasteiger partial charge in [-0.05, 0) is 33.1 Å². The minimum Gasteiger partial charge on any atom is -0.383 e. The van der Waals surface area contributed by atoms with Crippen molar-refractivity contribution in [3.8, 4) is 0 Å². The molecule has 1 aliphatic rings. The largest absolute Gasteiger partial charge is 0.383 e. The summed E-state index contributed by atoms with van der Waals surface area (Å²) in [7, 11) is 1.63. The van der Waals surface area contributed by atoms with Gasteiger partial charge in [-0.15, -0.1) is 0 Å². The minimum absolute atomic E-state index is 0.0230. The molecule has 0 unspecified atom stereocenters. The van der Waals surface area contributed by atoms with E-state index in [9.17, 15) is 4.79 Å². The second-order valence-corrected chi connectivity index (χ2v) is 5.83. The fourth-order valence-corrected chi connectivity index (χ4v) is 2.98. The standard InChI is InChI=1S/C15H16BrN3O2/c1-21-5-4-19-14(13(16)9-18-19)15(20)10-2-3-11-7-17-8-12(11)6-10/h2-3,6,9,17H,4-5,7-8H2,1H3. The average molecular weight is 350 g/mol. The molecule has 1 N–H and O–H groups in total. The molecule has 0 radical (unpaired) electrons. The number of carbonyl (C=O) groups excluding carboxylic acids is 1. The van der Waals surface area contributed by atoms with Crippen LogP contribution in [0.3, 0.4) is 0 Å². The average Bonchev–Trinajstić information content (AvgIpc) is 3.10. The van der Waals surface area contributed by atoms with Crippen molar-refractivity contribution in [3.05, 3.63) is 51.3 Å². The van der Waals surface area contributed by atoms with E-state index in [1.165, 1.54) is 11.1 Å². The molecule has 0 saturated carbocycles. The van der Waals surface area contributed by atoms with Crippen molar-refractivity contribution in [3.63, 3.8) is 0 Å². The van der Waals surface area contributed by atoms with Crippen LogP contribution in [0.5, 0.6) is 0 Å². The summed E-state index contributed by atoms with van der Waals surface area (Å²) in [5.74, 6) is -0.0230. The van der Waals surface area contributed by atoms with Gasteiger partial charge in [0.15, 0.2) is 0 Å². The molecule has 0 amide bonds. The second-order valence-electron chi connectivity index (χ2n) is 4.97. The van der Waals surface area contributed by atoms with Gasteiger partial charge >= 0.3 is 0 Å². The fourth-order valence-electron chi connectivity index (χ4n) is 2.51. The Hall–Kier alpha value is -1.50. The number of hydrogen-bond acceptors (Lipinski definition) is 4. The van der Waals surface area contributed by atoms with Crippen molar-refractivity contribution in [2.24, 2.45) is 0 Å². The number of rotatable bonds is 5. The molecule has 2 aromatic rings. The molecule has 1 aromatic carbocycles. The van der Waals surface area contributed by atoms with Crippen LogP contribution in [0.15, 0.2) is 28.9 Å². The molecule has 0 fully saturated rings. The fraction of sp³-hybridized carbons (Fsp3) is 0.333. The number of ether oxygens (including phenoxy) is 1. The Morgan fingerprint density at radius 2 is 2.24 bits per heavy atom. The summed E-state index contributed by atoms with van der Waals surface area (Å²) in [6.07, 6.45) is 1.65. The maximum absolute atomic E-state index is 12.8. The van der Waals surface area contributed by atoms with Crippen molar-refractivity contribution in [1.29, 1.82) is 0 Å². The van der Waals surface area contributed by atoms with Crippen LogP contribution in [0.1, 0.15) is 27.2 Å². The topological polar surface area (TPSA) is 56.2 Å². The maximum atomic E-state index is 12.8. The van der Waals surface area contributed by atoms with E-state index in [4.69, 9.17) is 4.74 Å². The Morgan fingerprint density at radius 1 is 1.43 bits per heavy atom. The van der Waals surface area contributed by atoms with Gasteiger partial charge in [0.05, 0.1) is 23.8 Å².